The Kier molecular flexibility index (Phi) is 22.2. The molecule has 3 heterocycles. The van der Waals surface area contributed by atoms with Crippen LogP contribution in [0.5, 0.6) is 0 Å². The Balaban J connectivity index is 1.78. The fraction of sp³-hybridized carbons (Fsp3) is 0.820. The van der Waals surface area contributed by atoms with Crippen molar-refractivity contribution in [2.24, 2.45) is 17.8 Å². The Morgan fingerprint density at radius 2 is 1.65 bits per heavy atom. The second kappa shape index (κ2) is 25.8. The molecular weight excluding hydrogens is 978 g/mol. The highest BCUT2D eigenvalue weighted by molar-refractivity contribution is 7.90. The van der Waals surface area contributed by atoms with E-state index in [0.29, 0.717) is 6.42 Å². The first-order valence-corrected chi connectivity index (χ1v) is 27.0. The number of halogens is 1. The predicted molar refractivity (Wildman–Crippen MR) is 267 cm³/mol. The summed E-state index contributed by atoms with van der Waals surface area (Å²) in [5.74, 6) is -3.22. The molecule has 6 N–H and O–H groups in total. The number of hydrogen-bond donors (Lipinski definition) is 6. The van der Waals surface area contributed by atoms with Gasteiger partial charge in [0.2, 0.25) is 0 Å². The first-order valence-electron chi connectivity index (χ1n) is 25.2. The Bertz CT molecular complexity index is 2080. The minimum atomic E-state index is -4.40. The first-order chi connectivity index (χ1) is 33.5. The van der Waals surface area contributed by atoms with Crippen LogP contribution >= 0.6 is 11.6 Å². The van der Waals surface area contributed by atoms with Gasteiger partial charge in [-0.15, -0.1) is 0 Å². The molecule has 72 heavy (non-hydrogen) atoms. The second-order valence-corrected chi connectivity index (χ2v) is 23.4. The van der Waals surface area contributed by atoms with Crippen LogP contribution in [0.2, 0.25) is 5.02 Å². The number of rotatable bonds is 15. The summed E-state index contributed by atoms with van der Waals surface area (Å²) in [6.07, 6.45) is -9.91. The number of aliphatic hydroxyl groups is 5. The zero-order valence-corrected chi connectivity index (χ0v) is 46.0. The van der Waals surface area contributed by atoms with E-state index in [4.69, 9.17) is 40.0 Å². The molecule has 1 aromatic carbocycles. The van der Waals surface area contributed by atoms with E-state index in [1.54, 1.807) is 54.5 Å². The van der Waals surface area contributed by atoms with Gasteiger partial charge in [-0.2, -0.15) is 5.26 Å². The maximum atomic E-state index is 14.6. The van der Waals surface area contributed by atoms with E-state index in [2.05, 4.69) is 4.72 Å². The van der Waals surface area contributed by atoms with Crippen LogP contribution in [-0.4, -0.2) is 198 Å². The van der Waals surface area contributed by atoms with Crippen molar-refractivity contribution in [2.45, 2.75) is 203 Å². The van der Waals surface area contributed by atoms with E-state index in [0.717, 1.165) is 0 Å². The van der Waals surface area contributed by atoms with Crippen molar-refractivity contribution in [1.29, 1.82) is 5.26 Å². The van der Waals surface area contributed by atoms with Gasteiger partial charge in [-0.25, -0.2) is 17.9 Å². The number of nitrogens with zero attached hydrogens (tertiary/aromatic N) is 4. The SMILES string of the molecule is CC[C@H]1OC(=O)[C@H](C)[C@@H](O[C@H]2C[C@@](C)(OC)[C@@H](O)[C@H](C)O2)[C@H](C)[C@@H](O[C@@H]2O[C@H](C)C[C@H](N(C)C)[C@H]2O)[C@](C)(O)C[C@@H](C)CN(CCCN(CCC#N)C(=O)NS(=O)(=O)c2ccccc2Cl)[C@H](C)[C@@H](O)[C@]1(C)O. The van der Waals surface area contributed by atoms with Crippen LogP contribution in [0.15, 0.2) is 29.2 Å². The molecule has 4 rings (SSSR count). The molecule has 0 saturated carbocycles. The number of carbonyl (C=O) groups excluding carboxylic acids is 2. The number of benzene rings is 1. The number of methoxy groups -OCH3 is 1. The van der Waals surface area contributed by atoms with Crippen LogP contribution in [-0.2, 0) is 43.2 Å². The summed E-state index contributed by atoms with van der Waals surface area (Å²) < 4.78 is 66.5. The number of amides is 2. The molecule has 0 aliphatic carbocycles. The molecule has 2 amide bonds. The molecular formula is C50H84ClN5O15S. The smallest absolute Gasteiger partial charge is 0.331 e. The monoisotopic (exact) mass is 1060 g/mol. The molecule has 0 radical (unpaired) electrons. The van der Waals surface area contributed by atoms with Crippen molar-refractivity contribution in [3.63, 3.8) is 0 Å². The maximum absolute atomic E-state index is 14.6. The molecule has 0 unspecified atom stereocenters. The third kappa shape index (κ3) is 15.0. The topological polar surface area (TPSA) is 270 Å². The Labute approximate surface area is 432 Å². The summed E-state index contributed by atoms with van der Waals surface area (Å²) in [6, 6.07) is 5.46. The van der Waals surface area contributed by atoms with Crippen LogP contribution in [0.3, 0.4) is 0 Å². The fourth-order valence-electron chi connectivity index (χ4n) is 10.8. The fourth-order valence-corrected chi connectivity index (χ4v) is 12.3. The third-order valence-corrected chi connectivity index (χ3v) is 16.9. The van der Waals surface area contributed by atoms with Crippen LogP contribution < -0.4 is 4.72 Å². The normalized spacial score (nSPS) is 39.0. The number of cyclic esters (lactones) is 1. The Morgan fingerprint density at radius 1 is 1.00 bits per heavy atom. The highest BCUT2D eigenvalue weighted by Crippen LogP contribution is 2.40. The van der Waals surface area contributed by atoms with Gasteiger partial charge in [-0.05, 0) is 106 Å². The van der Waals surface area contributed by atoms with E-state index in [9.17, 15) is 48.8 Å². The summed E-state index contributed by atoms with van der Waals surface area (Å²) in [5, 5.41) is 69.6. The number of aliphatic hydroxyl groups excluding tert-OH is 3. The summed E-state index contributed by atoms with van der Waals surface area (Å²) >= 11 is 6.16. The second-order valence-electron chi connectivity index (χ2n) is 21.3. The summed E-state index contributed by atoms with van der Waals surface area (Å²) in [5.41, 5.74) is -4.90. The van der Waals surface area contributed by atoms with Gasteiger partial charge in [-0.3, -0.25) is 9.69 Å². The average molecular weight is 1060 g/mol. The van der Waals surface area contributed by atoms with Crippen molar-refractivity contribution in [3.05, 3.63) is 29.3 Å². The summed E-state index contributed by atoms with van der Waals surface area (Å²) in [6.45, 7) is 17.1. The van der Waals surface area contributed by atoms with Crippen molar-refractivity contribution in [2.75, 3.05) is 47.4 Å². The van der Waals surface area contributed by atoms with Crippen LogP contribution in [0.4, 0.5) is 4.79 Å². The molecule has 3 saturated heterocycles. The molecule has 18 atom stereocenters. The largest absolute Gasteiger partial charge is 0.459 e. The third-order valence-electron chi connectivity index (χ3n) is 15.0. The van der Waals surface area contributed by atoms with Gasteiger partial charge < -0.3 is 63.8 Å². The van der Waals surface area contributed by atoms with Crippen LogP contribution in [0.1, 0.15) is 108 Å². The number of esters is 1. The van der Waals surface area contributed by atoms with E-state index in [-0.39, 0.29) is 80.3 Å². The van der Waals surface area contributed by atoms with Gasteiger partial charge >= 0.3 is 12.0 Å². The quantitative estimate of drug-likeness (QED) is 0.137. The predicted octanol–water partition coefficient (Wildman–Crippen LogP) is 3.63. The molecule has 22 heteroatoms. The van der Waals surface area contributed by atoms with Crippen LogP contribution in [0.25, 0.3) is 0 Å². The van der Waals surface area contributed by atoms with Gasteiger partial charge in [0.1, 0.15) is 34.9 Å². The molecule has 20 nitrogen and oxygen atoms in total. The molecule has 3 aliphatic rings. The number of nitriles is 1. The molecule has 0 aromatic heterocycles. The number of nitrogens with one attached hydrogen (secondary N) is 1. The number of sulfonamides is 1. The van der Waals surface area contributed by atoms with Crippen molar-refractivity contribution in [3.8, 4) is 6.07 Å². The van der Waals surface area contributed by atoms with E-state index in [1.807, 2.05) is 43.8 Å². The standard InChI is InChI=1S/C50H84ClN5O15S/c1-14-38-50(10,63)42(58)33(6)56(24-18-23-55(22-17-21-52)47(61)53-72(64,65)37-20-16-15-19-35(37)51)28-29(2)26-48(8,62)44(71-46-40(57)36(54(11)12)25-30(3)67-46)31(4)41(32(5)45(60)69-38)70-39-27-49(9,66-13)43(59)34(7)68-39/h15-16,19-20,29-34,36,38-44,46,57-59,62-63H,14,17-18,22-28H2,1-13H3,(H,53,61)/t29-,30-,31+,32-,33-,34+,36+,38-,39+,40-,41+,42-,43+,44-,46+,48-,49-,50-/m1/s1. The maximum Gasteiger partial charge on any atom is 0.331 e. The van der Waals surface area contributed by atoms with Crippen LogP contribution in [0, 0.1) is 29.1 Å². The molecule has 0 bridgehead atoms. The number of ether oxygens (including phenoxy) is 6. The van der Waals surface area contributed by atoms with Crippen molar-refractivity contribution >= 4 is 33.6 Å². The van der Waals surface area contributed by atoms with Gasteiger partial charge in [0, 0.05) is 57.7 Å². The van der Waals surface area contributed by atoms with Gasteiger partial charge in [0.15, 0.2) is 12.6 Å². The lowest BCUT2D eigenvalue weighted by Crippen LogP contribution is -2.60. The van der Waals surface area contributed by atoms with E-state index in [1.165, 1.54) is 37.1 Å². The van der Waals surface area contributed by atoms with Gasteiger partial charge in [0.05, 0.1) is 59.0 Å². The molecule has 0 spiro atoms. The first kappa shape index (κ1) is 61.8. The lowest BCUT2D eigenvalue weighted by molar-refractivity contribution is -0.318. The lowest BCUT2D eigenvalue weighted by Gasteiger charge is -2.48. The lowest BCUT2D eigenvalue weighted by atomic mass is 9.77. The zero-order chi connectivity index (χ0) is 54.3. The molecule has 1 aromatic rings. The van der Waals surface area contributed by atoms with E-state index >= 15 is 0 Å². The highest BCUT2D eigenvalue weighted by Gasteiger charge is 2.53. The number of likely N-dealkylation sites (N-methyl/N-ethyl adjacent to an activating group) is 1. The Morgan fingerprint density at radius 3 is 2.25 bits per heavy atom. The summed E-state index contributed by atoms with van der Waals surface area (Å²) in [7, 11) is 0.761. The molecule has 412 valence electrons. The number of carbonyl (C=O) groups is 2. The Hall–Kier alpha value is -2.79. The number of hydrogen-bond acceptors (Lipinski definition) is 18. The van der Waals surface area contributed by atoms with Gasteiger partial charge in [-0.1, -0.05) is 44.5 Å². The summed E-state index contributed by atoms with van der Waals surface area (Å²) in [4.78, 5) is 32.9. The minimum Gasteiger partial charge on any atom is -0.459 e. The zero-order valence-electron chi connectivity index (χ0n) is 44.4. The minimum absolute atomic E-state index is 0.0304. The average Bonchev–Trinajstić information content (AvgIpc) is 3.30. The van der Waals surface area contributed by atoms with Crippen molar-refractivity contribution < 1.29 is 72.0 Å². The van der Waals surface area contributed by atoms with E-state index < -0.39 is 118 Å². The molecule has 3 fully saturated rings. The molecule has 3 aliphatic heterocycles. The highest BCUT2D eigenvalue weighted by atomic mass is 35.5. The van der Waals surface area contributed by atoms with Gasteiger partial charge in [0.25, 0.3) is 10.0 Å². The number of urea groups is 1. The van der Waals surface area contributed by atoms with Crippen molar-refractivity contribution in [1.82, 2.24) is 19.4 Å².